The summed E-state index contributed by atoms with van der Waals surface area (Å²) in [5.41, 5.74) is 0.385. The maximum Gasteiger partial charge on any atom is 0.283 e. The Kier molecular flexibility index (Phi) is 5.02. The van der Waals surface area contributed by atoms with E-state index < -0.39 is 0 Å². The minimum Gasteiger partial charge on any atom is -0.383 e. The molecule has 1 aromatic rings. The number of nitrogens with zero attached hydrogens (tertiary/aromatic N) is 2. The van der Waals surface area contributed by atoms with E-state index in [1.807, 2.05) is 0 Å². The Hall–Kier alpha value is -1.32. The van der Waals surface area contributed by atoms with E-state index in [0.29, 0.717) is 29.9 Å². The molecule has 0 saturated heterocycles. The molecule has 0 fully saturated rings. The number of methoxy groups -OCH3 is 1. The van der Waals surface area contributed by atoms with Crippen LogP contribution in [0.15, 0.2) is 15.5 Å². The van der Waals surface area contributed by atoms with Crippen LogP contribution in [0.1, 0.15) is 0 Å². The number of terminal acetylenes is 1. The predicted molar refractivity (Wildman–Crippen MR) is 65.4 cm³/mol. The summed E-state index contributed by atoms with van der Waals surface area (Å²) < 4.78 is 6.63. The largest absolute Gasteiger partial charge is 0.383 e. The van der Waals surface area contributed by atoms with E-state index in [0.717, 1.165) is 0 Å². The molecule has 0 bridgehead atoms. The highest BCUT2D eigenvalue weighted by Crippen LogP contribution is 2.15. The van der Waals surface area contributed by atoms with Crippen molar-refractivity contribution in [3.8, 4) is 12.3 Å². The second-order valence-electron chi connectivity index (χ2n) is 2.95. The number of aromatic nitrogens is 2. The van der Waals surface area contributed by atoms with Gasteiger partial charge < -0.3 is 10.1 Å². The monoisotopic (exact) mass is 285 g/mol. The SMILES string of the molecule is C#CCNc1cnn(CCOC)c(=O)c1Br. The van der Waals surface area contributed by atoms with Gasteiger partial charge in [-0.3, -0.25) is 4.79 Å². The van der Waals surface area contributed by atoms with Gasteiger partial charge in [-0.2, -0.15) is 5.10 Å². The minimum atomic E-state index is -0.209. The molecule has 0 amide bonds. The van der Waals surface area contributed by atoms with Gasteiger partial charge in [-0.05, 0) is 15.9 Å². The Labute approximate surface area is 102 Å². The molecule has 0 aliphatic heterocycles. The van der Waals surface area contributed by atoms with Crippen LogP contribution in [-0.2, 0) is 11.3 Å². The second-order valence-corrected chi connectivity index (χ2v) is 3.74. The van der Waals surface area contributed by atoms with Crippen molar-refractivity contribution in [1.82, 2.24) is 9.78 Å². The molecule has 0 saturated carbocycles. The molecule has 1 rings (SSSR count). The fourth-order valence-electron chi connectivity index (χ4n) is 1.07. The summed E-state index contributed by atoms with van der Waals surface area (Å²) in [6.45, 7) is 1.21. The Balaban J connectivity index is 2.91. The molecule has 0 aliphatic carbocycles. The molecule has 6 heteroatoms. The zero-order valence-corrected chi connectivity index (χ0v) is 10.5. The van der Waals surface area contributed by atoms with Crippen LogP contribution in [0.4, 0.5) is 5.69 Å². The molecular formula is C10H12BrN3O2. The average Bonchev–Trinajstić information content (AvgIpc) is 2.30. The van der Waals surface area contributed by atoms with Crippen molar-refractivity contribution in [3.63, 3.8) is 0 Å². The molecule has 5 nitrogen and oxygen atoms in total. The van der Waals surface area contributed by atoms with Gasteiger partial charge >= 0.3 is 0 Å². The van der Waals surface area contributed by atoms with Gasteiger partial charge in [-0.15, -0.1) is 6.42 Å². The zero-order valence-electron chi connectivity index (χ0n) is 8.86. The lowest BCUT2D eigenvalue weighted by atomic mass is 10.4. The highest BCUT2D eigenvalue weighted by molar-refractivity contribution is 9.10. The molecule has 16 heavy (non-hydrogen) atoms. The summed E-state index contributed by atoms with van der Waals surface area (Å²) in [6.07, 6.45) is 6.67. The first-order valence-electron chi connectivity index (χ1n) is 4.62. The van der Waals surface area contributed by atoms with Gasteiger partial charge in [0.05, 0.1) is 31.6 Å². The summed E-state index contributed by atoms with van der Waals surface area (Å²) in [5, 5.41) is 6.89. The van der Waals surface area contributed by atoms with Crippen LogP contribution in [0.25, 0.3) is 0 Å². The highest BCUT2D eigenvalue weighted by Gasteiger charge is 2.07. The molecule has 0 atom stereocenters. The quantitative estimate of drug-likeness (QED) is 0.809. The van der Waals surface area contributed by atoms with Gasteiger partial charge in [-0.25, -0.2) is 4.68 Å². The Morgan fingerprint density at radius 1 is 1.75 bits per heavy atom. The van der Waals surface area contributed by atoms with Crippen molar-refractivity contribution in [1.29, 1.82) is 0 Å². The number of hydrogen-bond donors (Lipinski definition) is 1. The molecule has 0 radical (unpaired) electrons. The predicted octanol–water partition coefficient (Wildman–Crippen LogP) is 0.697. The Morgan fingerprint density at radius 3 is 3.12 bits per heavy atom. The van der Waals surface area contributed by atoms with Crippen molar-refractivity contribution in [3.05, 3.63) is 21.0 Å². The minimum absolute atomic E-state index is 0.209. The topological polar surface area (TPSA) is 56.1 Å². The van der Waals surface area contributed by atoms with Gasteiger partial charge in [0.1, 0.15) is 4.47 Å². The highest BCUT2D eigenvalue weighted by atomic mass is 79.9. The van der Waals surface area contributed by atoms with E-state index in [4.69, 9.17) is 11.2 Å². The third-order valence-electron chi connectivity index (χ3n) is 1.87. The fourth-order valence-corrected chi connectivity index (χ4v) is 1.52. The summed E-state index contributed by atoms with van der Waals surface area (Å²) >= 11 is 3.21. The summed E-state index contributed by atoms with van der Waals surface area (Å²) in [4.78, 5) is 11.8. The molecule has 0 aliphatic rings. The van der Waals surface area contributed by atoms with Gasteiger partial charge in [0, 0.05) is 7.11 Å². The maximum atomic E-state index is 11.8. The van der Waals surface area contributed by atoms with Gasteiger partial charge in [0.25, 0.3) is 5.56 Å². The van der Waals surface area contributed by atoms with Crippen molar-refractivity contribution in [2.24, 2.45) is 0 Å². The Morgan fingerprint density at radius 2 is 2.50 bits per heavy atom. The van der Waals surface area contributed by atoms with Crippen LogP contribution >= 0.6 is 15.9 Å². The number of ether oxygens (including phenoxy) is 1. The van der Waals surface area contributed by atoms with Crippen LogP contribution in [0.3, 0.4) is 0 Å². The van der Waals surface area contributed by atoms with Crippen molar-refractivity contribution in [2.45, 2.75) is 6.54 Å². The van der Waals surface area contributed by atoms with Crippen LogP contribution in [0.5, 0.6) is 0 Å². The van der Waals surface area contributed by atoms with E-state index in [2.05, 4.69) is 32.3 Å². The molecule has 0 spiro atoms. The molecular weight excluding hydrogens is 274 g/mol. The van der Waals surface area contributed by atoms with Crippen LogP contribution in [0, 0.1) is 12.3 Å². The molecule has 0 aromatic carbocycles. The van der Waals surface area contributed by atoms with Gasteiger partial charge in [0.2, 0.25) is 0 Å². The molecule has 86 valence electrons. The van der Waals surface area contributed by atoms with E-state index in [-0.39, 0.29) is 5.56 Å². The standard InChI is InChI=1S/C10H12BrN3O2/c1-3-4-12-8-7-13-14(5-6-16-2)10(15)9(8)11/h1,7,12H,4-6H2,2H3. The van der Waals surface area contributed by atoms with Crippen molar-refractivity contribution >= 4 is 21.6 Å². The number of nitrogens with one attached hydrogen (secondary N) is 1. The number of halogens is 1. The van der Waals surface area contributed by atoms with E-state index in [1.54, 1.807) is 13.3 Å². The van der Waals surface area contributed by atoms with Crippen molar-refractivity contribution < 1.29 is 4.74 Å². The lowest BCUT2D eigenvalue weighted by Crippen LogP contribution is -2.26. The molecule has 1 heterocycles. The summed E-state index contributed by atoms with van der Waals surface area (Å²) in [6, 6.07) is 0. The molecule has 1 N–H and O–H groups in total. The summed E-state index contributed by atoms with van der Waals surface area (Å²) in [7, 11) is 1.57. The number of hydrogen-bond acceptors (Lipinski definition) is 4. The molecule has 0 unspecified atom stereocenters. The van der Waals surface area contributed by atoms with Gasteiger partial charge in [-0.1, -0.05) is 5.92 Å². The number of anilines is 1. The zero-order chi connectivity index (χ0) is 12.0. The van der Waals surface area contributed by atoms with Crippen LogP contribution < -0.4 is 10.9 Å². The van der Waals surface area contributed by atoms with E-state index in [1.165, 1.54) is 4.68 Å². The molecule has 1 aromatic heterocycles. The third-order valence-corrected chi connectivity index (χ3v) is 2.64. The first-order chi connectivity index (χ1) is 7.70. The van der Waals surface area contributed by atoms with Crippen molar-refractivity contribution in [2.75, 3.05) is 25.6 Å². The lowest BCUT2D eigenvalue weighted by molar-refractivity contribution is 0.181. The van der Waals surface area contributed by atoms with Gasteiger partial charge in [0.15, 0.2) is 0 Å². The fraction of sp³-hybridized carbons (Fsp3) is 0.400. The first kappa shape index (κ1) is 12.7. The Bertz CT molecular complexity index is 450. The summed E-state index contributed by atoms with van der Waals surface area (Å²) in [5.74, 6) is 2.42. The normalized spacial score (nSPS) is 9.81. The smallest absolute Gasteiger partial charge is 0.283 e. The van der Waals surface area contributed by atoms with Crippen LogP contribution in [0.2, 0.25) is 0 Å². The average molecular weight is 286 g/mol. The van der Waals surface area contributed by atoms with Crippen LogP contribution in [-0.4, -0.2) is 30.0 Å². The lowest BCUT2D eigenvalue weighted by Gasteiger charge is -2.08. The second kappa shape index (κ2) is 6.30. The first-order valence-corrected chi connectivity index (χ1v) is 5.42. The maximum absolute atomic E-state index is 11.8. The third kappa shape index (κ3) is 3.08. The number of rotatable bonds is 5. The van der Waals surface area contributed by atoms with E-state index in [9.17, 15) is 4.79 Å². The van der Waals surface area contributed by atoms with E-state index >= 15 is 0 Å².